The normalized spacial score (nSPS) is 19.3. The average molecular weight is 441 g/mol. The lowest BCUT2D eigenvalue weighted by Gasteiger charge is -2.33. The van der Waals surface area contributed by atoms with Crippen LogP contribution in [0.15, 0.2) is 30.5 Å². The van der Waals surface area contributed by atoms with Crippen LogP contribution in [0.25, 0.3) is 0 Å². The summed E-state index contributed by atoms with van der Waals surface area (Å²) >= 11 is 0. The molecule has 170 valence electrons. The Kier molecular flexibility index (Phi) is 6.24. The minimum absolute atomic E-state index is 0.0404. The summed E-state index contributed by atoms with van der Waals surface area (Å²) in [5, 5.41) is 0. The zero-order chi connectivity index (χ0) is 22.9. The number of aryl methyl sites for hydroxylation is 1. The molecule has 2 aliphatic rings. The van der Waals surface area contributed by atoms with Crippen molar-refractivity contribution in [3.05, 3.63) is 58.9 Å². The number of hydrogen-bond donors (Lipinski definition) is 0. The number of morpholine rings is 1. The van der Waals surface area contributed by atoms with Crippen molar-refractivity contribution >= 4 is 11.8 Å². The average Bonchev–Trinajstić information content (AvgIpc) is 3.28. The highest BCUT2D eigenvalue weighted by atomic mass is 19.1. The molecule has 0 radical (unpaired) electrons. The van der Waals surface area contributed by atoms with Crippen molar-refractivity contribution in [3.63, 3.8) is 0 Å². The number of amides is 2. The molecule has 0 N–H and O–H groups in total. The second-order valence-corrected chi connectivity index (χ2v) is 8.92. The van der Waals surface area contributed by atoms with E-state index in [1.54, 1.807) is 23.2 Å². The van der Waals surface area contributed by atoms with Gasteiger partial charge in [0.15, 0.2) is 5.82 Å². The van der Waals surface area contributed by atoms with Crippen molar-refractivity contribution in [1.82, 2.24) is 19.8 Å². The van der Waals surface area contributed by atoms with E-state index in [1.807, 2.05) is 25.7 Å². The number of ether oxygens (including phenoxy) is 1. The van der Waals surface area contributed by atoms with Gasteiger partial charge in [0.25, 0.3) is 5.91 Å². The number of rotatable bonds is 4. The van der Waals surface area contributed by atoms with Gasteiger partial charge in [0.1, 0.15) is 5.82 Å². The van der Waals surface area contributed by atoms with Crippen molar-refractivity contribution in [1.29, 1.82) is 0 Å². The Morgan fingerprint density at radius 3 is 2.47 bits per heavy atom. The van der Waals surface area contributed by atoms with Gasteiger partial charge in [0.2, 0.25) is 5.91 Å². The van der Waals surface area contributed by atoms with Gasteiger partial charge < -0.3 is 14.5 Å². The maximum absolute atomic E-state index is 13.5. The second kappa shape index (κ2) is 8.94. The summed E-state index contributed by atoms with van der Waals surface area (Å²) in [7, 11) is 0. The zero-order valence-electron chi connectivity index (χ0n) is 18.8. The zero-order valence-corrected chi connectivity index (χ0v) is 18.8. The van der Waals surface area contributed by atoms with Gasteiger partial charge in [0.05, 0.1) is 35.9 Å². The fourth-order valence-corrected chi connectivity index (χ4v) is 4.42. The molecule has 0 aliphatic carbocycles. The van der Waals surface area contributed by atoms with E-state index in [0.717, 1.165) is 18.4 Å². The molecule has 0 spiro atoms. The summed E-state index contributed by atoms with van der Waals surface area (Å²) in [5.41, 5.74) is 1.05. The third-order valence-electron chi connectivity index (χ3n) is 6.44. The molecule has 2 aromatic rings. The molecule has 1 aromatic carbocycles. The van der Waals surface area contributed by atoms with Crippen LogP contribution in [-0.2, 0) is 14.9 Å². The molecule has 3 heterocycles. The van der Waals surface area contributed by atoms with Gasteiger partial charge in [-0.05, 0) is 51.3 Å². The van der Waals surface area contributed by atoms with Crippen LogP contribution in [0.4, 0.5) is 4.39 Å². The van der Waals surface area contributed by atoms with Gasteiger partial charge >= 0.3 is 0 Å². The molecular formula is C24H29FN4O3. The van der Waals surface area contributed by atoms with Gasteiger partial charge in [-0.3, -0.25) is 9.59 Å². The van der Waals surface area contributed by atoms with Crippen molar-refractivity contribution in [3.8, 4) is 0 Å². The van der Waals surface area contributed by atoms with Crippen LogP contribution >= 0.6 is 0 Å². The first-order chi connectivity index (χ1) is 15.3. The largest absolute Gasteiger partial charge is 0.378 e. The molecule has 0 unspecified atom stereocenters. The lowest BCUT2D eigenvalue weighted by molar-refractivity contribution is -0.137. The number of carbonyl (C=O) groups excluding carboxylic acids is 2. The first-order valence-electron chi connectivity index (χ1n) is 11.1. The number of carbonyl (C=O) groups is 2. The first-order valence-corrected chi connectivity index (χ1v) is 11.1. The monoisotopic (exact) mass is 440 g/mol. The Balaban J connectivity index is 1.55. The standard InChI is InChI=1S/C24H29FN4O3/c1-16-19(22(30)28-11-13-32-14-12-28)15-26-21(27-16)20-5-4-10-29(20)23(31)24(2,3)17-6-8-18(25)9-7-17/h6-9,15,20H,4-5,10-14H2,1-3H3/t20-/m1/s1. The Hall–Kier alpha value is -2.87. The molecule has 0 saturated carbocycles. The third-order valence-corrected chi connectivity index (χ3v) is 6.44. The number of benzene rings is 1. The van der Waals surface area contributed by atoms with E-state index in [9.17, 15) is 14.0 Å². The second-order valence-electron chi connectivity index (χ2n) is 8.92. The Morgan fingerprint density at radius 1 is 1.12 bits per heavy atom. The number of aromatic nitrogens is 2. The highest BCUT2D eigenvalue weighted by Gasteiger charge is 2.40. The van der Waals surface area contributed by atoms with E-state index >= 15 is 0 Å². The molecule has 0 bridgehead atoms. The summed E-state index contributed by atoms with van der Waals surface area (Å²) in [6, 6.07) is 5.83. The van der Waals surface area contributed by atoms with Gasteiger partial charge in [-0.2, -0.15) is 0 Å². The highest BCUT2D eigenvalue weighted by Crippen LogP contribution is 2.35. The van der Waals surface area contributed by atoms with Crippen molar-refractivity contribution in [2.75, 3.05) is 32.8 Å². The molecule has 8 heteroatoms. The van der Waals surface area contributed by atoms with Crippen LogP contribution in [0, 0.1) is 12.7 Å². The molecule has 32 heavy (non-hydrogen) atoms. The summed E-state index contributed by atoms with van der Waals surface area (Å²) in [6.45, 7) is 8.32. The molecule has 2 fully saturated rings. The smallest absolute Gasteiger partial charge is 0.257 e. The van der Waals surface area contributed by atoms with Gasteiger partial charge in [0, 0.05) is 25.8 Å². The van der Waals surface area contributed by atoms with Crippen LogP contribution in [0.5, 0.6) is 0 Å². The number of likely N-dealkylation sites (tertiary alicyclic amines) is 1. The Morgan fingerprint density at radius 2 is 1.81 bits per heavy atom. The molecular weight excluding hydrogens is 411 g/mol. The van der Waals surface area contributed by atoms with Crippen LogP contribution < -0.4 is 0 Å². The predicted molar refractivity (Wildman–Crippen MR) is 117 cm³/mol. The van der Waals surface area contributed by atoms with Crippen LogP contribution in [0.2, 0.25) is 0 Å². The summed E-state index contributed by atoms with van der Waals surface area (Å²) in [5.74, 6) is 0.101. The van der Waals surface area contributed by atoms with Gasteiger partial charge in [-0.25, -0.2) is 14.4 Å². The summed E-state index contributed by atoms with van der Waals surface area (Å²) in [6.07, 6.45) is 3.20. The van der Waals surface area contributed by atoms with Crippen LogP contribution in [0.1, 0.15) is 60.2 Å². The first kappa shape index (κ1) is 22.3. The predicted octanol–water partition coefficient (Wildman–Crippen LogP) is 3.04. The SMILES string of the molecule is Cc1nc([C@H]2CCCN2C(=O)C(C)(C)c2ccc(F)cc2)ncc1C(=O)N1CCOCC1. The minimum atomic E-state index is -0.808. The van der Waals surface area contributed by atoms with Crippen molar-refractivity contribution < 1.29 is 18.7 Å². The number of nitrogens with zero attached hydrogens (tertiary/aromatic N) is 4. The molecule has 1 atom stereocenters. The van der Waals surface area contributed by atoms with Crippen molar-refractivity contribution in [2.45, 2.75) is 45.1 Å². The van der Waals surface area contributed by atoms with E-state index in [-0.39, 0.29) is 23.7 Å². The fourth-order valence-electron chi connectivity index (χ4n) is 4.42. The third kappa shape index (κ3) is 4.24. The van der Waals surface area contributed by atoms with E-state index in [0.29, 0.717) is 49.9 Å². The highest BCUT2D eigenvalue weighted by molar-refractivity contribution is 5.95. The molecule has 2 amide bonds. The van der Waals surface area contributed by atoms with Gasteiger partial charge in [-0.1, -0.05) is 12.1 Å². The van der Waals surface area contributed by atoms with Crippen molar-refractivity contribution in [2.24, 2.45) is 0 Å². The minimum Gasteiger partial charge on any atom is -0.378 e. The Bertz CT molecular complexity index is 1000. The maximum Gasteiger partial charge on any atom is 0.257 e. The number of halogens is 1. The molecule has 2 saturated heterocycles. The molecule has 4 rings (SSSR count). The topological polar surface area (TPSA) is 75.6 Å². The van der Waals surface area contributed by atoms with Gasteiger partial charge in [-0.15, -0.1) is 0 Å². The van der Waals surface area contributed by atoms with E-state index in [1.165, 1.54) is 12.1 Å². The Labute approximate surface area is 187 Å². The number of hydrogen-bond acceptors (Lipinski definition) is 5. The van der Waals surface area contributed by atoms with E-state index in [2.05, 4.69) is 9.97 Å². The summed E-state index contributed by atoms with van der Waals surface area (Å²) in [4.78, 5) is 39.1. The van der Waals surface area contributed by atoms with E-state index < -0.39 is 5.41 Å². The lowest BCUT2D eigenvalue weighted by atomic mass is 9.83. The molecule has 1 aromatic heterocycles. The van der Waals surface area contributed by atoms with Crippen LogP contribution in [-0.4, -0.2) is 64.4 Å². The quantitative estimate of drug-likeness (QED) is 0.731. The maximum atomic E-state index is 13.5. The summed E-state index contributed by atoms with van der Waals surface area (Å²) < 4.78 is 18.7. The van der Waals surface area contributed by atoms with E-state index in [4.69, 9.17) is 4.74 Å². The van der Waals surface area contributed by atoms with Crippen LogP contribution in [0.3, 0.4) is 0 Å². The lowest BCUT2D eigenvalue weighted by Crippen LogP contribution is -2.43. The fraction of sp³-hybridized carbons (Fsp3) is 0.500. The molecule has 7 nitrogen and oxygen atoms in total. The molecule has 2 aliphatic heterocycles.